The number of pyridine rings is 1. The van der Waals surface area contributed by atoms with Gasteiger partial charge < -0.3 is 15.4 Å². The number of aromatic nitrogens is 1. The Morgan fingerprint density at radius 3 is 2.88 bits per heavy atom. The van der Waals surface area contributed by atoms with E-state index in [0.29, 0.717) is 12.2 Å². The van der Waals surface area contributed by atoms with Gasteiger partial charge in [-0.2, -0.15) is 0 Å². The van der Waals surface area contributed by atoms with E-state index in [1.54, 1.807) is 12.3 Å². The Morgan fingerprint density at radius 1 is 1.53 bits per heavy atom. The molecule has 5 heteroatoms. The van der Waals surface area contributed by atoms with Gasteiger partial charge in [-0.1, -0.05) is 0 Å². The molecule has 0 aromatic carbocycles. The summed E-state index contributed by atoms with van der Waals surface area (Å²) >= 11 is 0. The summed E-state index contributed by atoms with van der Waals surface area (Å²) < 4.78 is 5.33. The minimum Gasteiger partial charge on any atom is -0.384 e. The monoisotopic (exact) mass is 236 g/mol. The van der Waals surface area contributed by atoms with Crippen LogP contribution in [0.2, 0.25) is 0 Å². The molecule has 0 unspecified atom stereocenters. The van der Waals surface area contributed by atoms with E-state index in [4.69, 9.17) is 15.9 Å². The zero-order valence-electron chi connectivity index (χ0n) is 10.4. The van der Waals surface area contributed by atoms with Gasteiger partial charge in [-0.3, -0.25) is 5.41 Å². The second-order valence-corrected chi connectivity index (χ2v) is 3.59. The lowest BCUT2D eigenvalue weighted by molar-refractivity contribution is 0.154. The molecular weight excluding hydrogens is 216 g/mol. The fourth-order valence-electron chi connectivity index (χ4n) is 1.51. The highest BCUT2D eigenvalue weighted by molar-refractivity contribution is 5.95. The van der Waals surface area contributed by atoms with Crippen molar-refractivity contribution in [1.82, 2.24) is 4.98 Å². The van der Waals surface area contributed by atoms with Gasteiger partial charge >= 0.3 is 0 Å². The Bertz CT molecular complexity index is 367. The molecule has 0 aliphatic rings. The highest BCUT2D eigenvalue weighted by Gasteiger charge is 2.07. The molecule has 94 valence electrons. The van der Waals surface area contributed by atoms with Crippen molar-refractivity contribution in [3.63, 3.8) is 0 Å². The third-order valence-corrected chi connectivity index (χ3v) is 2.47. The van der Waals surface area contributed by atoms with Crippen LogP contribution in [0.4, 0.5) is 5.82 Å². The molecule has 3 N–H and O–H groups in total. The molecule has 1 aromatic rings. The molecule has 0 saturated heterocycles. The van der Waals surface area contributed by atoms with Gasteiger partial charge in [0.25, 0.3) is 0 Å². The third kappa shape index (κ3) is 4.03. The minimum atomic E-state index is 0.0644. The topological polar surface area (TPSA) is 75.2 Å². The number of likely N-dealkylation sites (N-methyl/N-ethyl adjacent to an activating group) is 1. The Kier molecular flexibility index (Phi) is 5.42. The molecule has 0 saturated carbocycles. The van der Waals surface area contributed by atoms with Gasteiger partial charge in [0.05, 0.1) is 6.61 Å². The quantitative estimate of drug-likeness (QED) is 0.424. The molecule has 5 nitrogen and oxygen atoms in total. The summed E-state index contributed by atoms with van der Waals surface area (Å²) in [5, 5.41) is 7.40. The van der Waals surface area contributed by atoms with Crippen LogP contribution in [0.15, 0.2) is 18.3 Å². The van der Waals surface area contributed by atoms with E-state index >= 15 is 0 Å². The van der Waals surface area contributed by atoms with Gasteiger partial charge in [0.15, 0.2) is 0 Å². The van der Waals surface area contributed by atoms with Crippen molar-refractivity contribution in [2.24, 2.45) is 5.73 Å². The van der Waals surface area contributed by atoms with Crippen molar-refractivity contribution in [3.8, 4) is 0 Å². The fourth-order valence-corrected chi connectivity index (χ4v) is 1.51. The average Bonchev–Trinajstić information content (AvgIpc) is 2.35. The summed E-state index contributed by atoms with van der Waals surface area (Å²) in [5.41, 5.74) is 6.16. The van der Waals surface area contributed by atoms with E-state index in [0.717, 1.165) is 25.5 Å². The molecular formula is C12H20N4O. The summed E-state index contributed by atoms with van der Waals surface area (Å²) in [5.74, 6) is 0.898. The van der Waals surface area contributed by atoms with Gasteiger partial charge in [0.2, 0.25) is 0 Å². The number of nitrogens with zero attached hydrogens (tertiary/aromatic N) is 2. The number of nitrogens with two attached hydrogens (primary N) is 1. The first-order valence-electron chi connectivity index (χ1n) is 5.82. The zero-order valence-corrected chi connectivity index (χ0v) is 10.4. The lowest BCUT2D eigenvalue weighted by Crippen LogP contribution is -2.28. The normalized spacial score (nSPS) is 10.2. The number of amidine groups is 1. The Morgan fingerprint density at radius 2 is 2.29 bits per heavy atom. The SMILES string of the molecule is CCOCCN(CC)c1cc(C(=N)N)ccn1. The van der Waals surface area contributed by atoms with Gasteiger partial charge in [-0.25, -0.2) is 4.98 Å². The maximum absolute atomic E-state index is 7.40. The number of anilines is 1. The first kappa shape index (κ1) is 13.4. The third-order valence-electron chi connectivity index (χ3n) is 2.47. The van der Waals surface area contributed by atoms with Crippen LogP contribution in [0.3, 0.4) is 0 Å². The van der Waals surface area contributed by atoms with Crippen molar-refractivity contribution in [2.45, 2.75) is 13.8 Å². The van der Waals surface area contributed by atoms with E-state index < -0.39 is 0 Å². The summed E-state index contributed by atoms with van der Waals surface area (Å²) in [6.45, 7) is 7.08. The molecule has 0 amide bonds. The van der Waals surface area contributed by atoms with Crippen LogP contribution >= 0.6 is 0 Å². The maximum Gasteiger partial charge on any atom is 0.129 e. The van der Waals surface area contributed by atoms with Crippen LogP contribution in [0, 0.1) is 5.41 Å². The van der Waals surface area contributed by atoms with Crippen LogP contribution in [-0.2, 0) is 4.74 Å². The predicted octanol–water partition coefficient (Wildman–Crippen LogP) is 1.23. The van der Waals surface area contributed by atoms with Gasteiger partial charge in [0.1, 0.15) is 11.7 Å². The number of nitrogen functional groups attached to an aromatic ring is 1. The van der Waals surface area contributed by atoms with Crippen LogP contribution in [0.25, 0.3) is 0 Å². The second kappa shape index (κ2) is 6.85. The van der Waals surface area contributed by atoms with E-state index in [1.807, 2.05) is 13.0 Å². The van der Waals surface area contributed by atoms with Crippen LogP contribution in [0.5, 0.6) is 0 Å². The number of ether oxygens (including phenoxy) is 1. The Hall–Kier alpha value is -1.62. The number of nitrogens with one attached hydrogen (secondary N) is 1. The van der Waals surface area contributed by atoms with Crippen LogP contribution in [-0.4, -0.2) is 37.1 Å². The highest BCUT2D eigenvalue weighted by Crippen LogP contribution is 2.11. The molecule has 0 fully saturated rings. The molecule has 0 spiro atoms. The summed E-state index contributed by atoms with van der Waals surface area (Å²) in [7, 11) is 0. The molecule has 1 aromatic heterocycles. The summed E-state index contributed by atoms with van der Waals surface area (Å²) in [4.78, 5) is 6.39. The van der Waals surface area contributed by atoms with Crippen molar-refractivity contribution >= 4 is 11.7 Å². The maximum atomic E-state index is 7.40. The van der Waals surface area contributed by atoms with E-state index in [2.05, 4.69) is 16.8 Å². The molecule has 0 bridgehead atoms. The zero-order chi connectivity index (χ0) is 12.7. The standard InChI is InChI=1S/C12H20N4O/c1-3-16(7-8-17-4-2)11-9-10(12(13)14)5-6-15-11/h5-6,9H,3-4,7-8H2,1-2H3,(H3,13,14). The average molecular weight is 236 g/mol. The minimum absolute atomic E-state index is 0.0644. The smallest absolute Gasteiger partial charge is 0.129 e. The lowest BCUT2D eigenvalue weighted by Gasteiger charge is -2.22. The highest BCUT2D eigenvalue weighted by atomic mass is 16.5. The first-order chi connectivity index (χ1) is 8.19. The van der Waals surface area contributed by atoms with Crippen molar-refractivity contribution in [2.75, 3.05) is 31.2 Å². The molecule has 17 heavy (non-hydrogen) atoms. The van der Waals surface area contributed by atoms with E-state index in [-0.39, 0.29) is 5.84 Å². The molecule has 0 aliphatic heterocycles. The Balaban J connectivity index is 2.73. The molecule has 1 rings (SSSR count). The largest absolute Gasteiger partial charge is 0.384 e. The number of rotatable bonds is 7. The van der Waals surface area contributed by atoms with Crippen molar-refractivity contribution in [1.29, 1.82) is 5.41 Å². The van der Waals surface area contributed by atoms with Crippen molar-refractivity contribution < 1.29 is 4.74 Å². The predicted molar refractivity (Wildman–Crippen MR) is 69.6 cm³/mol. The van der Waals surface area contributed by atoms with E-state index in [1.165, 1.54) is 0 Å². The van der Waals surface area contributed by atoms with Crippen LogP contribution in [0.1, 0.15) is 19.4 Å². The fraction of sp³-hybridized carbons (Fsp3) is 0.500. The molecule has 0 atom stereocenters. The second-order valence-electron chi connectivity index (χ2n) is 3.59. The Labute approximate surface area is 102 Å². The molecule has 0 aliphatic carbocycles. The number of hydrogen-bond acceptors (Lipinski definition) is 4. The summed E-state index contributed by atoms with van der Waals surface area (Å²) in [6, 6.07) is 3.57. The van der Waals surface area contributed by atoms with Crippen LogP contribution < -0.4 is 10.6 Å². The molecule has 1 heterocycles. The van der Waals surface area contributed by atoms with Gasteiger partial charge in [-0.15, -0.1) is 0 Å². The first-order valence-corrected chi connectivity index (χ1v) is 5.82. The summed E-state index contributed by atoms with van der Waals surface area (Å²) in [6.07, 6.45) is 1.68. The number of hydrogen-bond donors (Lipinski definition) is 2. The van der Waals surface area contributed by atoms with Gasteiger partial charge in [-0.05, 0) is 26.0 Å². The van der Waals surface area contributed by atoms with Gasteiger partial charge in [0, 0.05) is 31.5 Å². The lowest BCUT2D eigenvalue weighted by atomic mass is 10.2. The van der Waals surface area contributed by atoms with Crippen molar-refractivity contribution in [3.05, 3.63) is 23.9 Å². The molecule has 0 radical (unpaired) electrons. The van der Waals surface area contributed by atoms with E-state index in [9.17, 15) is 0 Å².